The van der Waals surface area contributed by atoms with Gasteiger partial charge in [-0.3, -0.25) is 15.0 Å². The Kier molecular flexibility index (Phi) is 3.89. The van der Waals surface area contributed by atoms with Gasteiger partial charge in [-0.2, -0.15) is 4.98 Å². The van der Waals surface area contributed by atoms with E-state index < -0.39 is 4.92 Å². The third-order valence-electron chi connectivity index (χ3n) is 3.38. The lowest BCUT2D eigenvalue weighted by Gasteiger charge is -2.25. The molecule has 0 atom stereocenters. The third-order valence-corrected chi connectivity index (χ3v) is 3.38. The summed E-state index contributed by atoms with van der Waals surface area (Å²) in [5.41, 5.74) is 0.352. The van der Waals surface area contributed by atoms with Gasteiger partial charge in [0, 0.05) is 32.2 Å². The summed E-state index contributed by atoms with van der Waals surface area (Å²) in [5, 5.41) is 18.2. The van der Waals surface area contributed by atoms with Crippen molar-refractivity contribution in [3.8, 4) is 11.4 Å². The maximum atomic E-state index is 11.0. The molecule has 1 aromatic heterocycles. The molecule has 3 rings (SSSR count). The summed E-state index contributed by atoms with van der Waals surface area (Å²) < 4.78 is 5.21. The number of nitro benzene ring substituents is 1. The molecule has 1 saturated heterocycles. The molecule has 0 bridgehead atoms. The van der Waals surface area contributed by atoms with E-state index in [0.717, 1.165) is 26.2 Å². The van der Waals surface area contributed by atoms with Crippen LogP contribution in [0.5, 0.6) is 0 Å². The van der Waals surface area contributed by atoms with Crippen LogP contribution in [-0.2, 0) is 6.54 Å². The van der Waals surface area contributed by atoms with E-state index in [2.05, 4.69) is 20.4 Å². The minimum absolute atomic E-state index is 0.0213. The molecule has 1 fully saturated rings. The summed E-state index contributed by atoms with van der Waals surface area (Å²) >= 11 is 0. The van der Waals surface area contributed by atoms with Crippen molar-refractivity contribution < 1.29 is 9.45 Å². The zero-order valence-electron chi connectivity index (χ0n) is 11.4. The van der Waals surface area contributed by atoms with Crippen molar-refractivity contribution in [1.29, 1.82) is 0 Å². The molecule has 1 aromatic carbocycles. The van der Waals surface area contributed by atoms with Crippen LogP contribution in [0.1, 0.15) is 5.89 Å². The maximum absolute atomic E-state index is 11.0. The molecule has 2 aromatic rings. The second-order valence-electron chi connectivity index (χ2n) is 4.81. The molecule has 1 aliphatic heterocycles. The molecular formula is C13H15N5O3. The van der Waals surface area contributed by atoms with Crippen molar-refractivity contribution in [2.45, 2.75) is 6.54 Å². The van der Waals surface area contributed by atoms with Crippen molar-refractivity contribution >= 4 is 5.69 Å². The van der Waals surface area contributed by atoms with Crippen LogP contribution in [0.3, 0.4) is 0 Å². The van der Waals surface area contributed by atoms with Crippen molar-refractivity contribution in [2.75, 3.05) is 26.2 Å². The highest BCUT2D eigenvalue weighted by molar-refractivity contribution is 5.67. The highest BCUT2D eigenvalue weighted by Gasteiger charge is 2.20. The monoisotopic (exact) mass is 289 g/mol. The summed E-state index contributed by atoms with van der Waals surface area (Å²) in [6, 6.07) is 6.39. The van der Waals surface area contributed by atoms with Gasteiger partial charge in [0.25, 0.3) is 5.69 Å². The van der Waals surface area contributed by atoms with Crippen molar-refractivity contribution in [2.24, 2.45) is 0 Å². The van der Waals surface area contributed by atoms with Gasteiger partial charge in [0.1, 0.15) is 5.56 Å². The Bertz CT molecular complexity index is 636. The summed E-state index contributed by atoms with van der Waals surface area (Å²) in [7, 11) is 0. The van der Waals surface area contributed by atoms with E-state index in [-0.39, 0.29) is 11.5 Å². The standard InChI is InChI=1S/C13H15N5O3/c19-18(20)11-4-2-1-3-10(11)13-15-12(21-16-13)9-17-7-5-14-6-8-17/h1-4,14H,5-9H2. The summed E-state index contributed by atoms with van der Waals surface area (Å²) in [6.45, 7) is 4.28. The lowest BCUT2D eigenvalue weighted by Crippen LogP contribution is -2.42. The smallest absolute Gasteiger partial charge is 0.280 e. The molecule has 1 N–H and O–H groups in total. The van der Waals surface area contributed by atoms with Crippen LogP contribution in [-0.4, -0.2) is 46.1 Å². The molecule has 2 heterocycles. The first kappa shape index (κ1) is 13.7. The first-order valence-corrected chi connectivity index (χ1v) is 6.73. The number of hydrogen-bond acceptors (Lipinski definition) is 7. The van der Waals surface area contributed by atoms with E-state index in [4.69, 9.17) is 4.52 Å². The van der Waals surface area contributed by atoms with Crippen LogP contribution < -0.4 is 5.32 Å². The average Bonchev–Trinajstić information content (AvgIpc) is 2.96. The summed E-state index contributed by atoms with van der Waals surface area (Å²) in [5.74, 6) is 0.734. The average molecular weight is 289 g/mol. The lowest BCUT2D eigenvalue weighted by molar-refractivity contribution is -0.384. The van der Waals surface area contributed by atoms with Crippen LogP contribution in [0.4, 0.5) is 5.69 Å². The molecule has 110 valence electrons. The molecule has 0 saturated carbocycles. The van der Waals surface area contributed by atoms with Gasteiger partial charge in [0.05, 0.1) is 11.5 Å². The van der Waals surface area contributed by atoms with Gasteiger partial charge in [-0.25, -0.2) is 0 Å². The largest absolute Gasteiger partial charge is 0.338 e. The molecule has 8 nitrogen and oxygen atoms in total. The number of rotatable bonds is 4. The minimum atomic E-state index is -0.443. The van der Waals surface area contributed by atoms with Gasteiger partial charge in [-0.05, 0) is 6.07 Å². The van der Waals surface area contributed by atoms with Crippen LogP contribution in [0.2, 0.25) is 0 Å². The number of piperazine rings is 1. The predicted octanol–water partition coefficient (Wildman–Crippen LogP) is 1.05. The third kappa shape index (κ3) is 3.06. The number of nitrogens with one attached hydrogen (secondary N) is 1. The molecule has 1 aliphatic rings. The minimum Gasteiger partial charge on any atom is -0.338 e. The Morgan fingerprint density at radius 2 is 2.10 bits per heavy atom. The van der Waals surface area contributed by atoms with Gasteiger partial charge >= 0.3 is 0 Å². The van der Waals surface area contributed by atoms with E-state index in [0.29, 0.717) is 18.0 Å². The molecular weight excluding hydrogens is 274 g/mol. The van der Waals surface area contributed by atoms with Crippen LogP contribution in [0.25, 0.3) is 11.4 Å². The van der Waals surface area contributed by atoms with Gasteiger partial charge in [-0.1, -0.05) is 17.3 Å². The Labute approximate surface area is 120 Å². The fourth-order valence-corrected chi connectivity index (χ4v) is 2.31. The van der Waals surface area contributed by atoms with E-state index in [9.17, 15) is 10.1 Å². The topological polar surface area (TPSA) is 97.3 Å². The fraction of sp³-hybridized carbons (Fsp3) is 0.385. The SMILES string of the molecule is O=[N+]([O-])c1ccccc1-c1noc(CN2CCNCC2)n1. The predicted molar refractivity (Wildman–Crippen MR) is 74.5 cm³/mol. The van der Waals surface area contributed by atoms with Crippen molar-refractivity contribution in [1.82, 2.24) is 20.4 Å². The summed E-state index contributed by atoms with van der Waals surface area (Å²) in [6.07, 6.45) is 0. The van der Waals surface area contributed by atoms with Gasteiger partial charge in [0.15, 0.2) is 0 Å². The first-order chi connectivity index (χ1) is 10.2. The van der Waals surface area contributed by atoms with E-state index in [1.165, 1.54) is 6.07 Å². The maximum Gasteiger partial charge on any atom is 0.280 e. The second-order valence-corrected chi connectivity index (χ2v) is 4.81. The zero-order chi connectivity index (χ0) is 14.7. The van der Waals surface area contributed by atoms with Crippen LogP contribution in [0, 0.1) is 10.1 Å². The van der Waals surface area contributed by atoms with E-state index in [1.807, 2.05) is 0 Å². The number of benzene rings is 1. The van der Waals surface area contributed by atoms with Crippen molar-refractivity contribution in [3.63, 3.8) is 0 Å². The molecule has 8 heteroatoms. The Morgan fingerprint density at radius 3 is 2.86 bits per heavy atom. The lowest BCUT2D eigenvalue weighted by atomic mass is 10.2. The molecule has 0 radical (unpaired) electrons. The van der Waals surface area contributed by atoms with Crippen LogP contribution in [0.15, 0.2) is 28.8 Å². The van der Waals surface area contributed by atoms with Gasteiger partial charge in [0.2, 0.25) is 11.7 Å². The van der Waals surface area contributed by atoms with E-state index in [1.54, 1.807) is 18.2 Å². The Morgan fingerprint density at radius 1 is 1.33 bits per heavy atom. The Hall–Kier alpha value is -2.32. The van der Waals surface area contributed by atoms with Gasteiger partial charge in [-0.15, -0.1) is 0 Å². The van der Waals surface area contributed by atoms with Gasteiger partial charge < -0.3 is 9.84 Å². The zero-order valence-corrected chi connectivity index (χ0v) is 11.4. The number of nitrogens with zero attached hydrogens (tertiary/aromatic N) is 4. The molecule has 0 unspecified atom stereocenters. The van der Waals surface area contributed by atoms with Crippen molar-refractivity contribution in [3.05, 3.63) is 40.3 Å². The Balaban J connectivity index is 1.80. The molecule has 0 aliphatic carbocycles. The number of nitro groups is 1. The first-order valence-electron chi connectivity index (χ1n) is 6.73. The number of hydrogen-bond donors (Lipinski definition) is 1. The number of aromatic nitrogens is 2. The molecule has 0 amide bonds. The molecule has 0 spiro atoms. The highest BCUT2D eigenvalue weighted by Crippen LogP contribution is 2.27. The molecule has 21 heavy (non-hydrogen) atoms. The van der Waals surface area contributed by atoms with Crippen LogP contribution >= 0.6 is 0 Å². The quantitative estimate of drug-likeness (QED) is 0.663. The fourth-order valence-electron chi connectivity index (χ4n) is 2.31. The van der Waals surface area contributed by atoms with E-state index >= 15 is 0 Å². The highest BCUT2D eigenvalue weighted by atomic mass is 16.6. The normalized spacial score (nSPS) is 16.0. The number of para-hydroxylation sites is 1. The summed E-state index contributed by atoms with van der Waals surface area (Å²) in [4.78, 5) is 17.1. The second kappa shape index (κ2) is 5.98.